The van der Waals surface area contributed by atoms with Crippen molar-refractivity contribution in [1.29, 1.82) is 0 Å². The molecule has 6 rings (SSSR count). The number of ether oxygens (including phenoxy) is 1. The molecule has 37 heavy (non-hydrogen) atoms. The number of likely N-dealkylation sites (tertiary alicyclic amines) is 1. The molecule has 0 spiro atoms. The van der Waals surface area contributed by atoms with Gasteiger partial charge in [-0.25, -0.2) is 0 Å². The highest BCUT2D eigenvalue weighted by Gasteiger charge is 2.51. The van der Waals surface area contributed by atoms with Crippen LogP contribution in [0.4, 0.5) is 0 Å². The van der Waals surface area contributed by atoms with Crippen LogP contribution < -0.4 is 4.74 Å². The molecule has 3 aliphatic rings. The lowest BCUT2D eigenvalue weighted by molar-refractivity contribution is -0.129. The van der Waals surface area contributed by atoms with Crippen LogP contribution in [-0.2, 0) is 11.2 Å². The summed E-state index contributed by atoms with van der Waals surface area (Å²) in [6.45, 7) is 8.32. The van der Waals surface area contributed by atoms with E-state index in [4.69, 9.17) is 17.0 Å². The fraction of sp³-hybridized carbons (Fsp3) is 0.448. The Morgan fingerprint density at radius 3 is 2.62 bits per heavy atom. The van der Waals surface area contributed by atoms with Crippen LogP contribution in [0.1, 0.15) is 56.0 Å². The van der Waals surface area contributed by atoms with Gasteiger partial charge in [0.05, 0.1) is 12.6 Å². The molecular formula is C29H33BrN4O2S. The molecule has 1 aromatic heterocycles. The van der Waals surface area contributed by atoms with E-state index < -0.39 is 0 Å². The van der Waals surface area contributed by atoms with Crippen LogP contribution in [0.5, 0.6) is 5.75 Å². The van der Waals surface area contributed by atoms with Gasteiger partial charge in [-0.1, -0.05) is 28.1 Å². The lowest BCUT2D eigenvalue weighted by Gasteiger charge is -2.37. The number of rotatable bonds is 7. The Labute approximate surface area is 232 Å². The molecule has 2 saturated heterocycles. The highest BCUT2D eigenvalue weighted by molar-refractivity contribution is 9.10. The minimum atomic E-state index is -0.299. The Kier molecular flexibility index (Phi) is 6.75. The Balaban J connectivity index is 1.30. The van der Waals surface area contributed by atoms with E-state index >= 15 is 0 Å². The Hall–Kier alpha value is -2.42. The molecule has 194 valence electrons. The molecule has 8 heteroatoms. The highest BCUT2D eigenvalue weighted by atomic mass is 79.9. The third-order valence-corrected chi connectivity index (χ3v) is 8.83. The summed E-state index contributed by atoms with van der Waals surface area (Å²) in [4.78, 5) is 23.7. The molecule has 0 saturated carbocycles. The first-order chi connectivity index (χ1) is 17.9. The molecule has 1 amide bonds. The molecule has 4 heterocycles. The van der Waals surface area contributed by atoms with Crippen LogP contribution in [-0.4, -0.2) is 69.0 Å². The molecule has 0 radical (unpaired) electrons. The number of aromatic nitrogens is 1. The number of benzene rings is 2. The number of H-pyrrole nitrogens is 1. The van der Waals surface area contributed by atoms with Gasteiger partial charge in [-0.05, 0) is 99.9 Å². The number of fused-ring (bicyclic) bond motifs is 4. The van der Waals surface area contributed by atoms with Gasteiger partial charge < -0.3 is 19.5 Å². The van der Waals surface area contributed by atoms with Crippen molar-refractivity contribution in [3.05, 3.63) is 63.8 Å². The lowest BCUT2D eigenvalue weighted by Crippen LogP contribution is -2.44. The predicted octanol–water partition coefficient (Wildman–Crippen LogP) is 5.65. The number of nitrogens with one attached hydrogen (secondary N) is 1. The summed E-state index contributed by atoms with van der Waals surface area (Å²) in [5.41, 5.74) is 4.49. The molecule has 3 aliphatic heterocycles. The smallest absolute Gasteiger partial charge is 0.252 e. The van der Waals surface area contributed by atoms with Crippen molar-refractivity contribution in [3.63, 3.8) is 0 Å². The number of thiocarbonyl (C=S) groups is 1. The zero-order valence-corrected chi connectivity index (χ0v) is 23.8. The summed E-state index contributed by atoms with van der Waals surface area (Å²) in [6, 6.07) is 14.2. The van der Waals surface area contributed by atoms with E-state index in [1.807, 2.05) is 19.9 Å². The van der Waals surface area contributed by atoms with Crippen LogP contribution in [0.15, 0.2) is 46.9 Å². The molecule has 2 atom stereocenters. The fourth-order valence-corrected chi connectivity index (χ4v) is 7.06. The van der Waals surface area contributed by atoms with Gasteiger partial charge in [-0.15, -0.1) is 0 Å². The lowest BCUT2D eigenvalue weighted by atomic mass is 9.89. The maximum atomic E-state index is 13.6. The Morgan fingerprint density at radius 2 is 1.89 bits per heavy atom. The molecule has 2 fully saturated rings. The van der Waals surface area contributed by atoms with Gasteiger partial charge >= 0.3 is 0 Å². The third kappa shape index (κ3) is 4.47. The largest absolute Gasteiger partial charge is 0.494 e. The number of hydrogen-bond acceptors (Lipinski definition) is 4. The molecular weight excluding hydrogens is 548 g/mol. The number of hydrogen-bond donors (Lipinski definition) is 1. The zero-order chi connectivity index (χ0) is 25.7. The van der Waals surface area contributed by atoms with E-state index in [9.17, 15) is 4.79 Å². The third-order valence-electron chi connectivity index (χ3n) is 7.93. The maximum Gasteiger partial charge on any atom is 0.252 e. The molecule has 0 aliphatic carbocycles. The first-order valence-electron chi connectivity index (χ1n) is 13.3. The highest BCUT2D eigenvalue weighted by Crippen LogP contribution is 2.45. The van der Waals surface area contributed by atoms with Crippen molar-refractivity contribution in [2.24, 2.45) is 0 Å². The van der Waals surface area contributed by atoms with Crippen LogP contribution >= 0.6 is 28.1 Å². The number of aromatic amines is 1. The number of amides is 1. The SMILES string of the molecule is CC(C)N1C(=O)C2Cc3c([nH]c4ccc(Br)cc34)C(c3ccc(OCCCN4CCCC4)cc3)N2C1=S. The van der Waals surface area contributed by atoms with Gasteiger partial charge in [0.2, 0.25) is 0 Å². The van der Waals surface area contributed by atoms with Gasteiger partial charge in [0.1, 0.15) is 11.8 Å². The molecule has 1 N–H and O–H groups in total. The Morgan fingerprint density at radius 1 is 1.14 bits per heavy atom. The zero-order valence-electron chi connectivity index (χ0n) is 21.4. The van der Waals surface area contributed by atoms with Gasteiger partial charge in [-0.3, -0.25) is 9.69 Å². The van der Waals surface area contributed by atoms with E-state index in [-0.39, 0.29) is 24.0 Å². The van der Waals surface area contributed by atoms with Crippen molar-refractivity contribution < 1.29 is 9.53 Å². The minimum absolute atomic E-state index is 0.0202. The van der Waals surface area contributed by atoms with Gasteiger partial charge in [-0.2, -0.15) is 0 Å². The summed E-state index contributed by atoms with van der Waals surface area (Å²) < 4.78 is 7.10. The van der Waals surface area contributed by atoms with E-state index in [2.05, 4.69) is 67.1 Å². The van der Waals surface area contributed by atoms with E-state index in [1.54, 1.807) is 4.90 Å². The van der Waals surface area contributed by atoms with Crippen molar-refractivity contribution in [2.45, 2.75) is 57.7 Å². The topological polar surface area (TPSA) is 51.8 Å². The van der Waals surface area contributed by atoms with Crippen molar-refractivity contribution in [1.82, 2.24) is 19.7 Å². The molecule has 2 unspecified atom stereocenters. The van der Waals surface area contributed by atoms with Crippen LogP contribution in [0, 0.1) is 0 Å². The average molecular weight is 582 g/mol. The number of nitrogens with zero attached hydrogens (tertiary/aromatic N) is 3. The van der Waals surface area contributed by atoms with E-state index in [1.165, 1.54) is 31.5 Å². The second-order valence-electron chi connectivity index (χ2n) is 10.6. The number of carbonyl (C=O) groups is 1. The predicted molar refractivity (Wildman–Crippen MR) is 154 cm³/mol. The first kappa shape index (κ1) is 24.9. The maximum absolute atomic E-state index is 13.6. The second kappa shape index (κ2) is 10.0. The van der Waals surface area contributed by atoms with Crippen molar-refractivity contribution in [3.8, 4) is 5.75 Å². The monoisotopic (exact) mass is 580 g/mol. The summed E-state index contributed by atoms with van der Waals surface area (Å²) in [5.74, 6) is 0.972. The second-order valence-corrected chi connectivity index (χ2v) is 11.9. The van der Waals surface area contributed by atoms with Crippen LogP contribution in [0.3, 0.4) is 0 Å². The van der Waals surface area contributed by atoms with E-state index in [0.717, 1.165) is 52.0 Å². The first-order valence-corrected chi connectivity index (χ1v) is 14.5. The van der Waals surface area contributed by atoms with Crippen molar-refractivity contribution >= 4 is 50.1 Å². The summed E-state index contributed by atoms with van der Waals surface area (Å²) in [5, 5.41) is 1.77. The molecule has 6 nitrogen and oxygen atoms in total. The number of halogens is 1. The van der Waals surface area contributed by atoms with Crippen molar-refractivity contribution in [2.75, 3.05) is 26.2 Å². The normalized spacial score (nSPS) is 21.8. The van der Waals surface area contributed by atoms with Crippen LogP contribution in [0.25, 0.3) is 10.9 Å². The average Bonchev–Trinajstić information content (AvgIpc) is 3.58. The molecule has 2 aromatic carbocycles. The fourth-order valence-electron chi connectivity index (χ4n) is 6.17. The van der Waals surface area contributed by atoms with Gasteiger partial charge in [0.15, 0.2) is 5.11 Å². The summed E-state index contributed by atoms with van der Waals surface area (Å²) in [6.07, 6.45) is 4.32. The standard InChI is InChI=1S/C29H33BrN4O2S/c1-18(2)33-28(35)25-17-23-22-16-20(30)8-11-24(22)31-26(23)27(34(25)29(33)37)19-6-9-21(10-7-19)36-15-5-14-32-12-3-4-13-32/h6-11,16,18,25,27,31H,3-5,12-15,17H2,1-2H3. The summed E-state index contributed by atoms with van der Waals surface area (Å²) >= 11 is 9.55. The molecule has 3 aromatic rings. The van der Waals surface area contributed by atoms with Gasteiger partial charge in [0, 0.05) is 40.1 Å². The van der Waals surface area contributed by atoms with E-state index in [0.29, 0.717) is 11.5 Å². The number of carbonyl (C=O) groups excluding carboxylic acids is 1. The molecule has 0 bridgehead atoms. The Bertz CT molecular complexity index is 1330. The van der Waals surface area contributed by atoms with Gasteiger partial charge in [0.25, 0.3) is 5.91 Å². The quantitative estimate of drug-likeness (QED) is 0.289. The minimum Gasteiger partial charge on any atom is -0.494 e. The summed E-state index contributed by atoms with van der Waals surface area (Å²) in [7, 11) is 0. The van der Waals surface area contributed by atoms with Crippen LogP contribution in [0.2, 0.25) is 0 Å².